The summed E-state index contributed by atoms with van der Waals surface area (Å²) in [6.07, 6.45) is -9.93. The van der Waals surface area contributed by atoms with Crippen LogP contribution in [-0.2, 0) is 6.54 Å². The summed E-state index contributed by atoms with van der Waals surface area (Å²) in [5.74, 6) is -2.52. The Morgan fingerprint density at radius 3 is 2.21 bits per heavy atom. The molecule has 1 heterocycles. The summed E-state index contributed by atoms with van der Waals surface area (Å²) in [6.45, 7) is 0.759. The molecule has 5 nitrogen and oxygen atoms in total. The number of ketones is 1. The minimum Gasteiger partial charge on any atom is -0.406 e. The molecular formula is C15H13ClF6N2O3S. The standard InChI is InChI=1S/C15H12F6N2O3S.ClH/c1-8-11(12(25)14(16,17)18)27-13(23(8)6-7-24)22-9-2-4-10(5-3-9)26-15(19,20)21;/h2-5,24H,6-7H2,1H3;1H. The van der Waals surface area contributed by atoms with Crippen molar-refractivity contribution in [1.29, 1.82) is 0 Å². The predicted octanol–water partition coefficient (Wildman–Crippen LogP) is 4.15. The lowest BCUT2D eigenvalue weighted by molar-refractivity contribution is -0.274. The summed E-state index contributed by atoms with van der Waals surface area (Å²) in [6, 6.07) is 4.32. The van der Waals surface area contributed by atoms with Crippen LogP contribution in [0.1, 0.15) is 15.4 Å². The van der Waals surface area contributed by atoms with Crippen molar-refractivity contribution < 1.29 is 41.0 Å². The van der Waals surface area contributed by atoms with Gasteiger partial charge in [-0.1, -0.05) is 11.3 Å². The molecule has 28 heavy (non-hydrogen) atoms. The van der Waals surface area contributed by atoms with Crippen LogP contribution in [-0.4, -0.2) is 34.6 Å². The molecule has 0 aliphatic heterocycles. The van der Waals surface area contributed by atoms with E-state index in [0.29, 0.717) is 11.3 Å². The van der Waals surface area contributed by atoms with Gasteiger partial charge in [0.25, 0.3) is 5.78 Å². The van der Waals surface area contributed by atoms with Gasteiger partial charge in [-0.05, 0) is 31.2 Å². The number of carbonyl (C=O) groups is 1. The van der Waals surface area contributed by atoms with Crippen LogP contribution in [0.5, 0.6) is 5.75 Å². The average molecular weight is 451 g/mol. The number of ether oxygens (including phenoxy) is 1. The highest BCUT2D eigenvalue weighted by Gasteiger charge is 2.41. The molecule has 0 saturated carbocycles. The van der Waals surface area contributed by atoms with E-state index in [1.54, 1.807) is 0 Å². The number of hydrogen-bond donors (Lipinski definition) is 1. The Hall–Kier alpha value is -2.05. The Morgan fingerprint density at radius 2 is 1.75 bits per heavy atom. The van der Waals surface area contributed by atoms with Gasteiger partial charge in [0.2, 0.25) is 0 Å². The van der Waals surface area contributed by atoms with Crippen LogP contribution in [0.25, 0.3) is 0 Å². The first-order chi connectivity index (χ1) is 12.4. The van der Waals surface area contributed by atoms with Gasteiger partial charge in [0.05, 0.1) is 12.3 Å². The zero-order chi connectivity index (χ0) is 20.4. The van der Waals surface area contributed by atoms with Crippen molar-refractivity contribution in [2.75, 3.05) is 6.61 Å². The smallest absolute Gasteiger partial charge is 0.406 e. The van der Waals surface area contributed by atoms with Crippen molar-refractivity contribution in [1.82, 2.24) is 4.57 Å². The molecule has 0 aliphatic carbocycles. The number of aliphatic hydroxyl groups is 1. The average Bonchev–Trinajstić information content (AvgIpc) is 2.83. The number of aromatic nitrogens is 1. The molecule has 0 aliphatic rings. The van der Waals surface area contributed by atoms with Crippen molar-refractivity contribution in [2.45, 2.75) is 26.0 Å². The Kier molecular flexibility index (Phi) is 7.68. The highest BCUT2D eigenvalue weighted by atomic mass is 35.5. The second kappa shape index (κ2) is 8.97. The summed E-state index contributed by atoms with van der Waals surface area (Å²) in [7, 11) is 0. The number of alkyl halides is 6. The fourth-order valence-electron chi connectivity index (χ4n) is 2.10. The minimum atomic E-state index is -5.07. The lowest BCUT2D eigenvalue weighted by Crippen LogP contribution is -2.23. The summed E-state index contributed by atoms with van der Waals surface area (Å²) in [5.41, 5.74) is 0.107. The number of rotatable bonds is 5. The summed E-state index contributed by atoms with van der Waals surface area (Å²) >= 11 is 0.474. The van der Waals surface area contributed by atoms with Crippen LogP contribution in [0.3, 0.4) is 0 Å². The lowest BCUT2D eigenvalue weighted by Gasteiger charge is -2.08. The molecule has 0 saturated heterocycles. The number of halogens is 7. The molecule has 156 valence electrons. The van der Waals surface area contributed by atoms with Crippen LogP contribution in [0, 0.1) is 6.92 Å². The van der Waals surface area contributed by atoms with Gasteiger partial charge in [-0.25, -0.2) is 4.99 Å². The van der Waals surface area contributed by atoms with Gasteiger partial charge in [-0.15, -0.1) is 25.6 Å². The third-order valence-corrected chi connectivity index (χ3v) is 4.42. The van der Waals surface area contributed by atoms with E-state index in [1.165, 1.54) is 23.6 Å². The maximum absolute atomic E-state index is 12.7. The van der Waals surface area contributed by atoms with Gasteiger partial charge < -0.3 is 14.4 Å². The molecular weight excluding hydrogens is 438 g/mol. The van der Waals surface area contributed by atoms with Gasteiger partial charge in [-0.3, -0.25) is 4.79 Å². The van der Waals surface area contributed by atoms with Crippen LogP contribution >= 0.6 is 23.7 Å². The Morgan fingerprint density at radius 1 is 1.18 bits per heavy atom. The van der Waals surface area contributed by atoms with E-state index >= 15 is 0 Å². The summed E-state index contributed by atoms with van der Waals surface area (Å²) < 4.78 is 79.5. The van der Waals surface area contributed by atoms with Crippen molar-refractivity contribution in [3.63, 3.8) is 0 Å². The maximum atomic E-state index is 12.7. The molecule has 0 atom stereocenters. The Bertz CT molecular complexity index is 887. The van der Waals surface area contributed by atoms with Crippen LogP contribution < -0.4 is 9.54 Å². The van der Waals surface area contributed by atoms with Crippen molar-refractivity contribution in [2.24, 2.45) is 4.99 Å². The van der Waals surface area contributed by atoms with E-state index in [0.717, 1.165) is 12.1 Å². The molecule has 13 heteroatoms. The molecule has 1 N–H and O–H groups in total. The fourth-order valence-corrected chi connectivity index (χ4v) is 3.24. The molecule has 0 radical (unpaired) electrons. The molecule has 0 fully saturated rings. The quantitative estimate of drug-likeness (QED) is 0.550. The fraction of sp³-hybridized carbons (Fsp3) is 0.333. The van der Waals surface area contributed by atoms with E-state index in [9.17, 15) is 31.1 Å². The molecule has 1 aromatic carbocycles. The molecule has 0 amide bonds. The number of benzene rings is 1. The van der Waals surface area contributed by atoms with Crippen LogP contribution in [0.2, 0.25) is 0 Å². The second-order valence-electron chi connectivity index (χ2n) is 5.15. The maximum Gasteiger partial charge on any atom is 0.573 e. The van der Waals surface area contributed by atoms with E-state index in [4.69, 9.17) is 5.11 Å². The Labute approximate surface area is 164 Å². The largest absolute Gasteiger partial charge is 0.573 e. The highest BCUT2D eigenvalue weighted by molar-refractivity contribution is 7.11. The topological polar surface area (TPSA) is 63.8 Å². The summed E-state index contributed by atoms with van der Waals surface area (Å²) in [4.78, 5) is 15.0. The lowest BCUT2D eigenvalue weighted by atomic mass is 10.2. The molecule has 2 rings (SSSR count). The third-order valence-electron chi connectivity index (χ3n) is 3.24. The zero-order valence-corrected chi connectivity index (χ0v) is 15.6. The number of thiazole rings is 1. The number of Topliss-reactive ketones (excluding diaryl/α,β-unsaturated/α-hetero) is 1. The highest BCUT2D eigenvalue weighted by Crippen LogP contribution is 2.27. The van der Waals surface area contributed by atoms with E-state index in [-0.39, 0.29) is 35.1 Å². The monoisotopic (exact) mass is 450 g/mol. The van der Waals surface area contributed by atoms with Gasteiger partial charge in [0, 0.05) is 12.2 Å². The molecule has 0 unspecified atom stereocenters. The van der Waals surface area contributed by atoms with Gasteiger partial charge in [-0.2, -0.15) is 13.2 Å². The molecule has 0 bridgehead atoms. The van der Waals surface area contributed by atoms with E-state index in [2.05, 4.69) is 9.73 Å². The van der Waals surface area contributed by atoms with Crippen LogP contribution in [0.4, 0.5) is 32.0 Å². The minimum absolute atomic E-state index is 0. The number of aliphatic hydroxyl groups excluding tert-OH is 1. The van der Waals surface area contributed by atoms with Crippen molar-refractivity contribution in [3.05, 3.63) is 39.6 Å². The number of nitrogens with zero attached hydrogens (tertiary/aromatic N) is 2. The van der Waals surface area contributed by atoms with Crippen molar-refractivity contribution >= 4 is 35.2 Å². The number of carbonyl (C=O) groups excluding carboxylic acids is 1. The van der Waals surface area contributed by atoms with Gasteiger partial charge in [0.15, 0.2) is 4.80 Å². The predicted molar refractivity (Wildman–Crippen MR) is 90.1 cm³/mol. The third kappa shape index (κ3) is 5.97. The molecule has 1 aromatic heterocycles. The first kappa shape index (κ1) is 24.0. The van der Waals surface area contributed by atoms with E-state index < -0.39 is 35.6 Å². The van der Waals surface area contributed by atoms with Crippen molar-refractivity contribution in [3.8, 4) is 5.75 Å². The second-order valence-corrected chi connectivity index (χ2v) is 6.13. The first-order valence-electron chi connectivity index (χ1n) is 7.25. The summed E-state index contributed by atoms with van der Waals surface area (Å²) in [5, 5.41) is 9.10. The molecule has 0 spiro atoms. The van der Waals surface area contributed by atoms with Gasteiger partial charge in [0.1, 0.15) is 10.6 Å². The first-order valence-corrected chi connectivity index (χ1v) is 8.07. The van der Waals surface area contributed by atoms with Gasteiger partial charge >= 0.3 is 12.5 Å². The SMILES string of the molecule is Cc1c(C(=O)C(F)(F)F)sc(=Nc2ccc(OC(F)(F)F)cc2)n1CCO.Cl. The van der Waals surface area contributed by atoms with Crippen LogP contribution in [0.15, 0.2) is 29.3 Å². The zero-order valence-electron chi connectivity index (χ0n) is 14.0. The normalized spacial score (nSPS) is 12.6. The van der Waals surface area contributed by atoms with E-state index in [1.807, 2.05) is 0 Å². The number of hydrogen-bond acceptors (Lipinski definition) is 5. The molecule has 2 aromatic rings. The Balaban J connectivity index is 0.00000392.